The number of thioether (sulfide) groups is 1. The van der Waals surface area contributed by atoms with Crippen molar-refractivity contribution in [2.24, 2.45) is 0 Å². The lowest BCUT2D eigenvalue weighted by Gasteiger charge is -2.34. The molecule has 0 atom stereocenters. The molecule has 20 heavy (non-hydrogen) atoms. The average Bonchev–Trinajstić information content (AvgIpc) is 2.50. The fraction of sp³-hybridized carbons (Fsp3) is 0.533. The van der Waals surface area contributed by atoms with Crippen molar-refractivity contribution in [2.75, 3.05) is 31.8 Å². The predicted octanol–water partition coefficient (Wildman–Crippen LogP) is 2.26. The summed E-state index contributed by atoms with van der Waals surface area (Å²) in [5, 5.41) is 6.23. The molecule has 0 radical (unpaired) electrons. The number of ether oxygens (including phenoxy) is 1. The first-order chi connectivity index (χ1) is 9.70. The van der Waals surface area contributed by atoms with Crippen molar-refractivity contribution in [1.29, 1.82) is 0 Å². The van der Waals surface area contributed by atoms with Crippen LogP contribution in [0.25, 0.3) is 0 Å². The quantitative estimate of drug-likeness (QED) is 0.874. The molecule has 1 aromatic carbocycles. The highest BCUT2D eigenvalue weighted by atomic mass is 32.2. The third-order valence-corrected chi connectivity index (χ3v) is 4.36. The second-order valence-corrected chi connectivity index (χ2v) is 5.90. The molecule has 1 aromatic rings. The van der Waals surface area contributed by atoms with Gasteiger partial charge in [0.15, 0.2) is 0 Å². The Bertz CT molecular complexity index is 442. The van der Waals surface area contributed by atoms with E-state index in [1.54, 1.807) is 18.9 Å². The Kier molecular flexibility index (Phi) is 5.46. The largest absolute Gasteiger partial charge is 0.368 e. The molecule has 0 saturated carbocycles. The van der Waals surface area contributed by atoms with Gasteiger partial charge in [-0.15, -0.1) is 0 Å². The zero-order valence-corrected chi connectivity index (χ0v) is 12.9. The first-order valence-corrected chi connectivity index (χ1v) is 8.25. The standard InChI is InChI=1S/C15H22N2O2S/c1-19-15(7-9-16-10-8-15)14(18)17-13-5-3-12(4-6-13)11-20-2/h3-6,16H,7-11H2,1-2H3,(H,17,18). The first-order valence-electron chi connectivity index (χ1n) is 6.85. The van der Waals surface area contributed by atoms with Crippen LogP contribution in [0.5, 0.6) is 0 Å². The number of nitrogens with one attached hydrogen (secondary N) is 2. The molecule has 1 saturated heterocycles. The Morgan fingerprint density at radius 3 is 2.55 bits per heavy atom. The van der Waals surface area contributed by atoms with E-state index in [-0.39, 0.29) is 5.91 Å². The molecule has 1 aliphatic heterocycles. The van der Waals surface area contributed by atoms with Crippen LogP contribution in [0.15, 0.2) is 24.3 Å². The molecule has 0 unspecified atom stereocenters. The molecule has 0 aromatic heterocycles. The number of carbonyl (C=O) groups is 1. The zero-order valence-electron chi connectivity index (χ0n) is 12.1. The van der Waals surface area contributed by atoms with E-state index in [1.165, 1.54) is 5.56 Å². The summed E-state index contributed by atoms with van der Waals surface area (Å²) < 4.78 is 5.52. The third kappa shape index (κ3) is 3.53. The second-order valence-electron chi connectivity index (χ2n) is 5.03. The maximum Gasteiger partial charge on any atom is 0.256 e. The topological polar surface area (TPSA) is 50.4 Å². The van der Waals surface area contributed by atoms with Crippen LogP contribution in [0, 0.1) is 0 Å². The van der Waals surface area contributed by atoms with Crippen LogP contribution < -0.4 is 10.6 Å². The summed E-state index contributed by atoms with van der Waals surface area (Å²) >= 11 is 1.79. The van der Waals surface area contributed by atoms with Crippen LogP contribution in [0.4, 0.5) is 5.69 Å². The van der Waals surface area contributed by atoms with E-state index in [4.69, 9.17) is 4.74 Å². The Hall–Kier alpha value is -1.04. The van der Waals surface area contributed by atoms with Crippen molar-refractivity contribution in [3.05, 3.63) is 29.8 Å². The smallest absolute Gasteiger partial charge is 0.256 e. The van der Waals surface area contributed by atoms with Crippen LogP contribution in [-0.2, 0) is 15.3 Å². The maximum absolute atomic E-state index is 12.5. The summed E-state index contributed by atoms with van der Waals surface area (Å²) in [4.78, 5) is 12.5. The van der Waals surface area contributed by atoms with E-state index in [9.17, 15) is 4.79 Å². The summed E-state index contributed by atoms with van der Waals surface area (Å²) in [6.07, 6.45) is 3.49. The number of anilines is 1. The number of piperidine rings is 1. The van der Waals surface area contributed by atoms with Gasteiger partial charge in [-0.2, -0.15) is 11.8 Å². The van der Waals surface area contributed by atoms with Gasteiger partial charge in [-0.05, 0) is 49.9 Å². The van der Waals surface area contributed by atoms with Gasteiger partial charge in [-0.3, -0.25) is 4.79 Å². The first kappa shape index (κ1) is 15.4. The van der Waals surface area contributed by atoms with Crippen LogP contribution >= 0.6 is 11.8 Å². The molecular formula is C15H22N2O2S. The van der Waals surface area contributed by atoms with E-state index >= 15 is 0 Å². The Morgan fingerprint density at radius 2 is 2.00 bits per heavy atom. The number of hydrogen-bond donors (Lipinski definition) is 2. The van der Waals surface area contributed by atoms with Gasteiger partial charge in [-0.25, -0.2) is 0 Å². The van der Waals surface area contributed by atoms with Crippen molar-refractivity contribution in [3.8, 4) is 0 Å². The lowest BCUT2D eigenvalue weighted by atomic mass is 9.91. The molecule has 1 heterocycles. The van der Waals surface area contributed by atoms with Crippen molar-refractivity contribution in [3.63, 3.8) is 0 Å². The maximum atomic E-state index is 12.5. The van der Waals surface area contributed by atoms with Gasteiger partial charge >= 0.3 is 0 Å². The summed E-state index contributed by atoms with van der Waals surface area (Å²) in [6, 6.07) is 8.00. The van der Waals surface area contributed by atoms with Crippen molar-refractivity contribution >= 4 is 23.4 Å². The monoisotopic (exact) mass is 294 g/mol. The highest BCUT2D eigenvalue weighted by Crippen LogP contribution is 2.24. The molecule has 1 fully saturated rings. The SMILES string of the molecule is COC1(C(=O)Nc2ccc(CSC)cc2)CCNCC1. The molecule has 1 amide bonds. The number of hydrogen-bond acceptors (Lipinski definition) is 4. The molecule has 0 aliphatic carbocycles. The van der Waals surface area contributed by atoms with E-state index < -0.39 is 5.60 Å². The number of rotatable bonds is 5. The van der Waals surface area contributed by atoms with Crippen molar-refractivity contribution < 1.29 is 9.53 Å². The van der Waals surface area contributed by atoms with Crippen LogP contribution in [0.2, 0.25) is 0 Å². The van der Waals surface area contributed by atoms with Gasteiger partial charge in [0.25, 0.3) is 5.91 Å². The van der Waals surface area contributed by atoms with Gasteiger partial charge in [0.1, 0.15) is 5.60 Å². The van der Waals surface area contributed by atoms with Crippen LogP contribution in [0.3, 0.4) is 0 Å². The second kappa shape index (κ2) is 7.11. The normalized spacial score (nSPS) is 17.7. The summed E-state index contributed by atoms with van der Waals surface area (Å²) in [7, 11) is 1.62. The van der Waals surface area contributed by atoms with Gasteiger partial charge in [0.2, 0.25) is 0 Å². The number of benzene rings is 1. The van der Waals surface area contributed by atoms with E-state index in [2.05, 4.69) is 16.9 Å². The highest BCUT2D eigenvalue weighted by molar-refractivity contribution is 7.97. The number of amides is 1. The lowest BCUT2D eigenvalue weighted by molar-refractivity contribution is -0.140. The van der Waals surface area contributed by atoms with Crippen LogP contribution in [0.1, 0.15) is 18.4 Å². The third-order valence-electron chi connectivity index (χ3n) is 3.74. The van der Waals surface area contributed by atoms with Crippen LogP contribution in [-0.4, -0.2) is 38.0 Å². The average molecular weight is 294 g/mol. The zero-order chi connectivity index (χ0) is 14.4. The van der Waals surface area contributed by atoms with Gasteiger partial charge < -0.3 is 15.4 Å². The molecule has 110 valence electrons. The minimum atomic E-state index is -0.691. The van der Waals surface area contributed by atoms with E-state index in [1.807, 2.05) is 24.3 Å². The summed E-state index contributed by atoms with van der Waals surface area (Å²) in [5.74, 6) is 0.946. The molecular weight excluding hydrogens is 272 g/mol. The summed E-state index contributed by atoms with van der Waals surface area (Å²) in [6.45, 7) is 1.63. The van der Waals surface area contributed by atoms with Gasteiger partial charge in [-0.1, -0.05) is 12.1 Å². The van der Waals surface area contributed by atoms with E-state index in [0.717, 1.165) is 24.5 Å². The van der Waals surface area contributed by atoms with E-state index in [0.29, 0.717) is 12.8 Å². The van der Waals surface area contributed by atoms with Gasteiger partial charge in [0.05, 0.1) is 0 Å². The number of methoxy groups -OCH3 is 1. The molecule has 0 bridgehead atoms. The molecule has 4 nitrogen and oxygen atoms in total. The Labute approximate surface area is 124 Å². The van der Waals surface area contributed by atoms with Crippen molar-refractivity contribution in [1.82, 2.24) is 5.32 Å². The molecule has 5 heteroatoms. The Morgan fingerprint density at radius 1 is 1.35 bits per heavy atom. The minimum Gasteiger partial charge on any atom is -0.368 e. The molecule has 0 spiro atoms. The van der Waals surface area contributed by atoms with Gasteiger partial charge in [0, 0.05) is 18.6 Å². The molecule has 1 aliphatic rings. The fourth-order valence-electron chi connectivity index (χ4n) is 2.45. The summed E-state index contributed by atoms with van der Waals surface area (Å²) in [5.41, 5.74) is 1.40. The highest BCUT2D eigenvalue weighted by Gasteiger charge is 2.39. The molecule has 2 rings (SSSR count). The lowest BCUT2D eigenvalue weighted by Crippen LogP contribution is -2.51. The predicted molar refractivity (Wildman–Crippen MR) is 84.1 cm³/mol. The molecule has 2 N–H and O–H groups in total. The minimum absolute atomic E-state index is 0.0425. The fourth-order valence-corrected chi connectivity index (χ4v) is 2.98. The Balaban J connectivity index is 2.02. The van der Waals surface area contributed by atoms with Crippen molar-refractivity contribution in [2.45, 2.75) is 24.2 Å². The number of carbonyl (C=O) groups excluding carboxylic acids is 1.